The van der Waals surface area contributed by atoms with Gasteiger partial charge >= 0.3 is 0 Å². The Morgan fingerprint density at radius 3 is 2.37 bits per heavy atom. The van der Waals surface area contributed by atoms with Gasteiger partial charge in [-0.15, -0.1) is 10.2 Å². The zero-order valence-corrected chi connectivity index (χ0v) is 21.5. The van der Waals surface area contributed by atoms with Crippen molar-refractivity contribution in [2.24, 2.45) is 10.2 Å². The normalized spacial score (nSPS) is 11.3. The van der Waals surface area contributed by atoms with Gasteiger partial charge in [0.05, 0.1) is 10.5 Å². The Labute approximate surface area is 232 Å². The molecule has 0 fully saturated rings. The Hall–Kier alpha value is -5.96. The Balaban J connectivity index is 1.59. The van der Waals surface area contributed by atoms with Gasteiger partial charge < -0.3 is 10.4 Å². The molecule has 1 amide bonds. The first kappa shape index (κ1) is 26.6. The molecule has 0 aliphatic carbocycles. The maximum Gasteiger partial charge on any atom is 0.294 e. The van der Waals surface area contributed by atoms with E-state index >= 15 is 0 Å². The van der Waals surface area contributed by atoms with Crippen molar-refractivity contribution < 1.29 is 22.9 Å². The molecule has 0 aliphatic rings. The largest absolute Gasteiger partial charge is 0.505 e. The van der Waals surface area contributed by atoms with Crippen molar-refractivity contribution in [3.05, 3.63) is 95.9 Å². The fourth-order valence-corrected chi connectivity index (χ4v) is 4.44. The van der Waals surface area contributed by atoms with Crippen LogP contribution >= 0.6 is 0 Å². The molecule has 0 saturated heterocycles. The van der Waals surface area contributed by atoms with E-state index in [0.717, 1.165) is 12.1 Å². The molecule has 3 N–H and O–H groups in total. The number of carbonyl (C=O) groups is 1. The van der Waals surface area contributed by atoms with Gasteiger partial charge in [0.25, 0.3) is 22.0 Å². The second-order valence-electron chi connectivity index (χ2n) is 8.35. The Bertz CT molecular complexity index is 2040. The number of fused-ring (bicyclic) bond motifs is 1. The predicted octanol–water partition coefficient (Wildman–Crippen LogP) is 4.78. The lowest BCUT2D eigenvalue weighted by Crippen LogP contribution is -2.12. The monoisotopic (exact) mass is 564 g/mol. The van der Waals surface area contributed by atoms with E-state index in [-0.39, 0.29) is 45.0 Å². The highest BCUT2D eigenvalue weighted by molar-refractivity contribution is 7.85. The average molecular weight is 565 g/mol. The fourth-order valence-electron chi connectivity index (χ4n) is 3.96. The molecule has 0 unspecified atom stereocenters. The summed E-state index contributed by atoms with van der Waals surface area (Å²) in [7, 11) is -4.41. The quantitative estimate of drug-likeness (QED) is 0.191. The van der Waals surface area contributed by atoms with E-state index in [9.17, 15) is 28.8 Å². The number of aromatic nitrogens is 3. The van der Waals surface area contributed by atoms with Crippen molar-refractivity contribution in [2.45, 2.75) is 4.90 Å². The van der Waals surface area contributed by atoms with Crippen LogP contribution < -0.4 is 5.32 Å². The molecular weight excluding hydrogens is 548 g/mol. The topological polar surface area (TPSA) is 207 Å². The van der Waals surface area contributed by atoms with Crippen molar-refractivity contribution >= 4 is 44.1 Å². The highest BCUT2D eigenvalue weighted by atomic mass is 32.2. The zero-order valence-electron chi connectivity index (χ0n) is 20.7. The number of azo groups is 1. The number of anilines is 1. The third kappa shape index (κ3) is 5.19. The molecule has 0 atom stereocenters. The number of nitriles is 2. The summed E-state index contributed by atoms with van der Waals surface area (Å²) in [6.07, 6.45) is 1.49. The molecule has 3 aromatic carbocycles. The number of imidazole rings is 1. The van der Waals surface area contributed by atoms with Crippen molar-refractivity contribution in [1.82, 2.24) is 14.5 Å². The second-order valence-corrected chi connectivity index (χ2v) is 9.77. The van der Waals surface area contributed by atoms with E-state index in [1.807, 2.05) is 12.1 Å². The molecule has 200 valence electrons. The number of hydrogen-bond donors (Lipinski definition) is 3. The summed E-state index contributed by atoms with van der Waals surface area (Å²) in [5, 5.41) is 42.1. The van der Waals surface area contributed by atoms with Gasteiger partial charge in [0.1, 0.15) is 23.6 Å². The molecule has 14 heteroatoms. The van der Waals surface area contributed by atoms with Crippen LogP contribution in [-0.2, 0) is 10.1 Å². The minimum absolute atomic E-state index is 0.0810. The van der Waals surface area contributed by atoms with E-state index in [2.05, 4.69) is 25.5 Å². The number of benzene rings is 3. The molecule has 0 aliphatic heterocycles. The molecule has 2 aromatic heterocycles. The number of nitrogens with zero attached hydrogens (tertiary/aromatic N) is 7. The summed E-state index contributed by atoms with van der Waals surface area (Å²) in [6.45, 7) is 0. The summed E-state index contributed by atoms with van der Waals surface area (Å²) in [4.78, 5) is 21.1. The van der Waals surface area contributed by atoms with Gasteiger partial charge in [0.15, 0.2) is 17.1 Å². The van der Waals surface area contributed by atoms with Gasteiger partial charge in [0, 0.05) is 17.3 Å². The zero-order chi connectivity index (χ0) is 29.1. The Kier molecular flexibility index (Phi) is 6.93. The predicted molar refractivity (Wildman–Crippen MR) is 145 cm³/mol. The Morgan fingerprint density at radius 2 is 1.71 bits per heavy atom. The van der Waals surface area contributed by atoms with E-state index in [0.29, 0.717) is 10.8 Å². The third-order valence-corrected chi connectivity index (χ3v) is 6.71. The van der Waals surface area contributed by atoms with E-state index in [4.69, 9.17) is 4.55 Å². The second kappa shape index (κ2) is 10.7. The van der Waals surface area contributed by atoms with Crippen molar-refractivity contribution in [3.63, 3.8) is 0 Å². The van der Waals surface area contributed by atoms with Crippen LogP contribution in [0.25, 0.3) is 16.6 Å². The van der Waals surface area contributed by atoms with Crippen LogP contribution in [0, 0.1) is 22.7 Å². The van der Waals surface area contributed by atoms with Gasteiger partial charge in [-0.05, 0) is 47.9 Å². The maximum atomic E-state index is 13.1. The number of pyridine rings is 1. The molecule has 0 spiro atoms. The van der Waals surface area contributed by atoms with E-state index in [1.54, 1.807) is 42.5 Å². The third-order valence-electron chi connectivity index (χ3n) is 5.84. The number of nitrogens with one attached hydrogen (secondary N) is 1. The van der Waals surface area contributed by atoms with Gasteiger partial charge in [-0.2, -0.15) is 23.9 Å². The molecule has 2 heterocycles. The molecule has 0 saturated carbocycles. The van der Waals surface area contributed by atoms with Crippen molar-refractivity contribution in [2.75, 3.05) is 5.32 Å². The standard InChI is InChI=1S/C27H16N8O5S/c28-14-21-22(15-29)35(23-7-3-4-12-30-23)27(32-21)34-33-24-19-6-2-1-5-16(19)13-20(25(24)36)26(37)31-17-8-10-18(11-9-17)41(38,39)40/h1-13,36H,(H,31,37)(H,38,39,40)/b34-33+. The lowest BCUT2D eigenvalue weighted by Gasteiger charge is -2.11. The molecule has 5 rings (SSSR count). The lowest BCUT2D eigenvalue weighted by atomic mass is 10.0. The van der Waals surface area contributed by atoms with Gasteiger partial charge in [-0.3, -0.25) is 9.35 Å². The van der Waals surface area contributed by atoms with E-state index in [1.165, 1.54) is 29.0 Å². The van der Waals surface area contributed by atoms with Crippen LogP contribution in [0.5, 0.6) is 5.75 Å². The first-order valence-corrected chi connectivity index (χ1v) is 13.0. The number of rotatable bonds is 6. The fraction of sp³-hybridized carbons (Fsp3) is 0. The van der Waals surface area contributed by atoms with Crippen LogP contribution in [0.4, 0.5) is 17.3 Å². The molecule has 5 aromatic rings. The minimum atomic E-state index is -4.41. The Morgan fingerprint density at radius 1 is 0.976 bits per heavy atom. The molecular formula is C27H16N8O5S. The lowest BCUT2D eigenvalue weighted by molar-refractivity contribution is 0.102. The summed E-state index contributed by atoms with van der Waals surface area (Å²) < 4.78 is 33.0. The number of phenols is 1. The molecule has 13 nitrogen and oxygen atoms in total. The highest BCUT2D eigenvalue weighted by Crippen LogP contribution is 2.40. The molecule has 0 radical (unpaired) electrons. The minimum Gasteiger partial charge on any atom is -0.505 e. The van der Waals surface area contributed by atoms with Gasteiger partial charge in [-0.25, -0.2) is 9.55 Å². The van der Waals surface area contributed by atoms with Crippen molar-refractivity contribution in [1.29, 1.82) is 10.5 Å². The number of aromatic hydroxyl groups is 1. The van der Waals surface area contributed by atoms with Crippen LogP contribution in [0.15, 0.2) is 94.1 Å². The number of carbonyl (C=O) groups excluding carboxylic acids is 1. The average Bonchev–Trinajstić information content (AvgIpc) is 3.34. The summed E-state index contributed by atoms with van der Waals surface area (Å²) in [6, 6.07) is 21.7. The van der Waals surface area contributed by atoms with Crippen LogP contribution in [0.3, 0.4) is 0 Å². The summed E-state index contributed by atoms with van der Waals surface area (Å²) in [5.41, 5.74) is -0.358. The first-order valence-electron chi connectivity index (χ1n) is 11.6. The SMILES string of the molecule is N#Cc1nc(/N=N/c2c(O)c(C(=O)Nc3ccc(S(=O)(=O)O)cc3)cc3ccccc23)n(-c2ccccn2)c1C#N. The van der Waals surface area contributed by atoms with Gasteiger partial charge in [0.2, 0.25) is 0 Å². The number of phenolic OH excluding ortho intramolecular Hbond substituents is 1. The molecule has 0 bridgehead atoms. The highest BCUT2D eigenvalue weighted by Gasteiger charge is 2.22. The molecule has 41 heavy (non-hydrogen) atoms. The van der Waals surface area contributed by atoms with E-state index < -0.39 is 21.8 Å². The number of amides is 1. The summed E-state index contributed by atoms with van der Waals surface area (Å²) >= 11 is 0. The maximum absolute atomic E-state index is 13.1. The van der Waals surface area contributed by atoms with Gasteiger partial charge in [-0.1, -0.05) is 30.3 Å². The van der Waals surface area contributed by atoms with Crippen LogP contribution in [0.1, 0.15) is 21.7 Å². The first-order chi connectivity index (χ1) is 19.7. The van der Waals surface area contributed by atoms with Crippen LogP contribution in [0.2, 0.25) is 0 Å². The number of hydrogen-bond acceptors (Lipinski definition) is 10. The smallest absolute Gasteiger partial charge is 0.294 e. The van der Waals surface area contributed by atoms with Crippen molar-refractivity contribution in [3.8, 4) is 23.7 Å². The van der Waals surface area contributed by atoms with Crippen LogP contribution in [-0.4, -0.2) is 38.5 Å². The summed E-state index contributed by atoms with van der Waals surface area (Å²) in [5.74, 6) is -1.16.